The lowest BCUT2D eigenvalue weighted by atomic mass is 10.1. The number of rotatable bonds is 8. The Labute approximate surface area is 152 Å². The Bertz CT molecular complexity index is 780. The summed E-state index contributed by atoms with van der Waals surface area (Å²) in [5.41, 5.74) is 1.45. The van der Waals surface area contributed by atoms with Gasteiger partial charge in [-0.1, -0.05) is 36.2 Å². The molecule has 5 nitrogen and oxygen atoms in total. The molecule has 130 valence electrons. The van der Waals surface area contributed by atoms with Crippen LogP contribution in [0.4, 0.5) is 11.5 Å². The monoisotopic (exact) mass is 387 g/mol. The van der Waals surface area contributed by atoms with Gasteiger partial charge in [0, 0.05) is 16.6 Å². The van der Waals surface area contributed by atoms with Crippen LogP contribution in [0.1, 0.15) is 18.9 Å². The molecule has 0 amide bonds. The summed E-state index contributed by atoms with van der Waals surface area (Å²) in [4.78, 5) is 4.20. The number of halogens is 2. The van der Waals surface area contributed by atoms with Gasteiger partial charge in [-0.3, -0.25) is 4.72 Å². The first-order chi connectivity index (χ1) is 11.4. The Morgan fingerprint density at radius 1 is 1.17 bits per heavy atom. The van der Waals surface area contributed by atoms with E-state index in [0.717, 1.165) is 12.0 Å². The number of nitrogens with zero attached hydrogens (tertiary/aromatic N) is 1. The van der Waals surface area contributed by atoms with Crippen LogP contribution < -0.4 is 10.0 Å². The zero-order valence-corrected chi connectivity index (χ0v) is 15.5. The van der Waals surface area contributed by atoms with Gasteiger partial charge in [0.15, 0.2) is 0 Å². The van der Waals surface area contributed by atoms with Gasteiger partial charge in [0.2, 0.25) is 10.0 Å². The molecule has 0 unspecified atom stereocenters. The smallest absolute Gasteiger partial charge is 0.232 e. The minimum absolute atomic E-state index is 0.0921. The molecule has 0 saturated carbocycles. The molecule has 2 aromatic rings. The second-order valence-electron chi connectivity index (χ2n) is 5.27. The average Bonchev–Trinajstić information content (AvgIpc) is 2.51. The van der Waals surface area contributed by atoms with Crippen LogP contribution in [0, 0.1) is 0 Å². The van der Waals surface area contributed by atoms with Crippen molar-refractivity contribution in [3.8, 4) is 0 Å². The summed E-state index contributed by atoms with van der Waals surface area (Å²) in [7, 11) is -3.29. The molecular weight excluding hydrogens is 369 g/mol. The van der Waals surface area contributed by atoms with Gasteiger partial charge < -0.3 is 5.32 Å². The highest BCUT2D eigenvalue weighted by Gasteiger charge is 2.08. The number of hydrogen-bond acceptors (Lipinski definition) is 4. The molecule has 2 N–H and O–H groups in total. The van der Waals surface area contributed by atoms with Gasteiger partial charge >= 0.3 is 0 Å². The molecule has 8 heteroatoms. The number of sulfonamides is 1. The molecule has 0 aliphatic carbocycles. The largest absolute Gasteiger partial charge is 0.370 e. The summed E-state index contributed by atoms with van der Waals surface area (Å²) in [5.74, 6) is 0.757. The lowest BCUT2D eigenvalue weighted by molar-refractivity contribution is 0.600. The molecule has 0 aliphatic rings. The van der Waals surface area contributed by atoms with Crippen molar-refractivity contribution in [2.75, 3.05) is 22.3 Å². The molecule has 0 spiro atoms. The second kappa shape index (κ2) is 8.55. The standard InChI is InChI=1S/C16H19Cl2N3O2S/c1-2-9-24(22,23)21-14-5-6-16(20-11-14)19-8-7-12-3-4-13(17)10-15(12)18/h3-6,10-11,21H,2,7-9H2,1H3,(H,19,20). The van der Waals surface area contributed by atoms with Crippen molar-refractivity contribution in [3.05, 3.63) is 52.1 Å². The molecule has 1 heterocycles. The van der Waals surface area contributed by atoms with E-state index in [2.05, 4.69) is 15.0 Å². The Balaban J connectivity index is 1.88. The molecule has 0 radical (unpaired) electrons. The first kappa shape index (κ1) is 18.8. The summed E-state index contributed by atoms with van der Waals surface area (Å²) in [6, 6.07) is 8.82. The number of benzene rings is 1. The van der Waals surface area contributed by atoms with E-state index in [1.54, 1.807) is 24.3 Å². The number of pyridine rings is 1. The van der Waals surface area contributed by atoms with Gasteiger partial charge in [-0.05, 0) is 42.7 Å². The van der Waals surface area contributed by atoms with Crippen LogP contribution in [0.25, 0.3) is 0 Å². The van der Waals surface area contributed by atoms with E-state index in [0.29, 0.717) is 34.5 Å². The van der Waals surface area contributed by atoms with E-state index in [1.807, 2.05) is 13.0 Å². The molecule has 1 aromatic heterocycles. The minimum Gasteiger partial charge on any atom is -0.370 e. The SMILES string of the molecule is CCCS(=O)(=O)Nc1ccc(NCCc2ccc(Cl)cc2Cl)nc1. The van der Waals surface area contributed by atoms with Crippen molar-refractivity contribution in [2.45, 2.75) is 19.8 Å². The highest BCUT2D eigenvalue weighted by molar-refractivity contribution is 7.92. The van der Waals surface area contributed by atoms with Crippen LogP contribution in [0.15, 0.2) is 36.5 Å². The lowest BCUT2D eigenvalue weighted by Crippen LogP contribution is -2.16. The summed E-state index contributed by atoms with van der Waals surface area (Å²) in [6.45, 7) is 2.46. The molecular formula is C16H19Cl2N3O2S. The molecule has 2 rings (SSSR count). The highest BCUT2D eigenvalue weighted by atomic mass is 35.5. The first-order valence-electron chi connectivity index (χ1n) is 7.54. The molecule has 24 heavy (non-hydrogen) atoms. The second-order valence-corrected chi connectivity index (χ2v) is 7.95. The third-order valence-electron chi connectivity index (χ3n) is 3.23. The fourth-order valence-corrected chi connectivity index (χ4v) is 3.73. The number of nitrogens with one attached hydrogen (secondary N) is 2. The average molecular weight is 388 g/mol. The fourth-order valence-electron chi connectivity index (χ4n) is 2.11. The van der Waals surface area contributed by atoms with Crippen molar-refractivity contribution in [1.29, 1.82) is 0 Å². The number of hydrogen-bond donors (Lipinski definition) is 2. The third-order valence-corrected chi connectivity index (χ3v) is 5.30. The summed E-state index contributed by atoms with van der Waals surface area (Å²) in [5, 5.41) is 4.42. The van der Waals surface area contributed by atoms with Crippen molar-refractivity contribution in [1.82, 2.24) is 4.98 Å². The first-order valence-corrected chi connectivity index (χ1v) is 9.95. The Morgan fingerprint density at radius 2 is 1.96 bits per heavy atom. The summed E-state index contributed by atoms with van der Waals surface area (Å²) >= 11 is 12.0. The summed E-state index contributed by atoms with van der Waals surface area (Å²) in [6.07, 6.45) is 2.78. The topological polar surface area (TPSA) is 71.1 Å². The van der Waals surface area contributed by atoms with Gasteiger partial charge in [0.05, 0.1) is 17.6 Å². The van der Waals surface area contributed by atoms with Crippen LogP contribution in [-0.4, -0.2) is 25.7 Å². The minimum atomic E-state index is -3.29. The van der Waals surface area contributed by atoms with Crippen molar-refractivity contribution >= 4 is 44.7 Å². The normalized spacial score (nSPS) is 11.3. The Kier molecular flexibility index (Phi) is 6.71. The maximum atomic E-state index is 11.7. The van der Waals surface area contributed by atoms with Gasteiger partial charge in [-0.25, -0.2) is 13.4 Å². The maximum absolute atomic E-state index is 11.7. The molecule has 1 aromatic carbocycles. The molecule has 0 atom stereocenters. The molecule has 0 fully saturated rings. The van der Waals surface area contributed by atoms with Crippen molar-refractivity contribution in [3.63, 3.8) is 0 Å². The molecule has 0 aliphatic heterocycles. The molecule has 0 saturated heterocycles. The van der Waals surface area contributed by atoms with Gasteiger partial charge in [-0.15, -0.1) is 0 Å². The maximum Gasteiger partial charge on any atom is 0.232 e. The van der Waals surface area contributed by atoms with Crippen LogP contribution in [0.5, 0.6) is 0 Å². The van der Waals surface area contributed by atoms with Crippen LogP contribution in [0.2, 0.25) is 10.0 Å². The highest BCUT2D eigenvalue weighted by Crippen LogP contribution is 2.21. The lowest BCUT2D eigenvalue weighted by Gasteiger charge is -2.09. The Morgan fingerprint density at radius 3 is 2.58 bits per heavy atom. The van der Waals surface area contributed by atoms with Crippen LogP contribution in [0.3, 0.4) is 0 Å². The van der Waals surface area contributed by atoms with E-state index in [1.165, 1.54) is 6.20 Å². The zero-order chi connectivity index (χ0) is 17.6. The van der Waals surface area contributed by atoms with Gasteiger partial charge in [-0.2, -0.15) is 0 Å². The van der Waals surface area contributed by atoms with Gasteiger partial charge in [0.25, 0.3) is 0 Å². The van der Waals surface area contributed by atoms with Crippen LogP contribution in [-0.2, 0) is 16.4 Å². The third kappa shape index (κ3) is 5.85. The van der Waals surface area contributed by atoms with Crippen molar-refractivity contribution < 1.29 is 8.42 Å². The number of anilines is 2. The quantitative estimate of drug-likeness (QED) is 0.711. The zero-order valence-electron chi connectivity index (χ0n) is 13.2. The van der Waals surface area contributed by atoms with E-state index in [-0.39, 0.29) is 5.75 Å². The van der Waals surface area contributed by atoms with Crippen LogP contribution >= 0.6 is 23.2 Å². The summed E-state index contributed by atoms with van der Waals surface area (Å²) < 4.78 is 25.9. The van der Waals surface area contributed by atoms with E-state index >= 15 is 0 Å². The Hall–Kier alpha value is -1.50. The predicted octanol–water partition coefficient (Wildman–Crippen LogP) is 4.19. The van der Waals surface area contributed by atoms with E-state index < -0.39 is 10.0 Å². The van der Waals surface area contributed by atoms with Crippen molar-refractivity contribution in [2.24, 2.45) is 0 Å². The molecule has 0 bridgehead atoms. The van der Waals surface area contributed by atoms with Gasteiger partial charge in [0.1, 0.15) is 5.82 Å². The fraction of sp³-hybridized carbons (Fsp3) is 0.312. The van der Waals surface area contributed by atoms with E-state index in [9.17, 15) is 8.42 Å². The predicted molar refractivity (Wildman–Crippen MR) is 101 cm³/mol. The number of aromatic nitrogens is 1. The van der Waals surface area contributed by atoms with E-state index in [4.69, 9.17) is 23.2 Å².